The third-order valence-corrected chi connectivity index (χ3v) is 8.29. The topological polar surface area (TPSA) is 162 Å². The number of aromatic nitrogens is 3. The first kappa shape index (κ1) is 30.7. The molecule has 6 rings (SSSR count). The van der Waals surface area contributed by atoms with Crippen LogP contribution in [0.5, 0.6) is 0 Å². The predicted octanol–water partition coefficient (Wildman–Crippen LogP) is 3.73. The molecule has 1 aliphatic heterocycles. The highest BCUT2D eigenvalue weighted by Crippen LogP contribution is 2.29. The first-order chi connectivity index (χ1) is 22.1. The van der Waals surface area contributed by atoms with Gasteiger partial charge >= 0.3 is 0 Å². The Labute approximate surface area is 265 Å². The smallest absolute Gasteiger partial charge is 0.274 e. The lowest BCUT2D eigenvalue weighted by Crippen LogP contribution is -2.37. The van der Waals surface area contributed by atoms with Crippen molar-refractivity contribution in [1.29, 1.82) is 0 Å². The van der Waals surface area contributed by atoms with Crippen molar-refractivity contribution in [3.05, 3.63) is 107 Å². The molecular weight excluding hydrogens is 606 g/mol. The fourth-order valence-corrected chi connectivity index (χ4v) is 6.15. The largest absolute Gasteiger partial charge is 0.382 e. The summed E-state index contributed by atoms with van der Waals surface area (Å²) in [7, 11) is -3.50. The number of hydrogen-bond donors (Lipinski definition) is 3. The lowest BCUT2D eigenvalue weighted by atomic mass is 10.0. The number of nitrogen functional groups attached to an aromatic ring is 1. The highest BCUT2D eigenvalue weighted by molar-refractivity contribution is 7.92. The van der Waals surface area contributed by atoms with E-state index in [0.29, 0.717) is 60.0 Å². The minimum Gasteiger partial charge on any atom is -0.382 e. The molecule has 0 spiro atoms. The molecule has 3 heterocycles. The third-order valence-electron chi connectivity index (χ3n) is 7.69. The summed E-state index contributed by atoms with van der Waals surface area (Å²) in [4.78, 5) is 38.8. The fraction of sp³-hybridized carbons (Fsp3) is 0.212. The lowest BCUT2D eigenvalue weighted by molar-refractivity contribution is 0.0934. The van der Waals surface area contributed by atoms with Gasteiger partial charge < -0.3 is 20.7 Å². The Balaban J connectivity index is 1.38. The molecule has 4 N–H and O–H groups in total. The van der Waals surface area contributed by atoms with Crippen molar-refractivity contribution in [3.63, 3.8) is 0 Å². The van der Waals surface area contributed by atoms with Gasteiger partial charge in [0.2, 0.25) is 10.0 Å². The lowest BCUT2D eigenvalue weighted by Gasteiger charge is -2.30. The molecule has 236 valence electrons. The molecule has 0 bridgehead atoms. The van der Waals surface area contributed by atoms with Gasteiger partial charge in [0.15, 0.2) is 11.5 Å². The Bertz CT molecular complexity index is 2100. The van der Waals surface area contributed by atoms with Crippen LogP contribution in [-0.4, -0.2) is 61.4 Å². The van der Waals surface area contributed by atoms with E-state index < -0.39 is 22.0 Å². The molecule has 1 fully saturated rings. The maximum absolute atomic E-state index is 14.4. The van der Waals surface area contributed by atoms with Gasteiger partial charge in [-0.3, -0.25) is 18.9 Å². The number of rotatable bonds is 8. The Morgan fingerprint density at radius 3 is 2.48 bits per heavy atom. The summed E-state index contributed by atoms with van der Waals surface area (Å²) in [6, 6.07) is 22.9. The van der Waals surface area contributed by atoms with Gasteiger partial charge in [0.1, 0.15) is 0 Å². The molecule has 1 aliphatic rings. The second-order valence-corrected chi connectivity index (χ2v) is 12.8. The average molecular weight is 640 g/mol. The van der Waals surface area contributed by atoms with Crippen LogP contribution in [0.4, 0.5) is 17.2 Å². The highest BCUT2D eigenvalue weighted by Gasteiger charge is 2.24. The normalized spacial score (nSPS) is 14.2. The number of amides is 1. The standard InChI is InChI=1S/C33H33N7O5S/c1-21(36-32(41)30-31(34)35-20-26(37-30)22-8-6-10-24(18-22)38-46(2,43)44)28-19-23-9-7-13-27(39-14-16-45-17-15-39)29(23)33(42)40(28)25-11-4-3-5-12-25/h3-13,18-21,38H,14-17H2,1-2H3,(H2,34,35)(H,36,41). The van der Waals surface area contributed by atoms with Crippen molar-refractivity contribution in [1.82, 2.24) is 19.9 Å². The van der Waals surface area contributed by atoms with Crippen LogP contribution in [0.2, 0.25) is 0 Å². The molecule has 46 heavy (non-hydrogen) atoms. The first-order valence-corrected chi connectivity index (χ1v) is 16.6. The van der Waals surface area contributed by atoms with E-state index in [1.807, 2.05) is 54.6 Å². The summed E-state index contributed by atoms with van der Waals surface area (Å²) in [6.07, 6.45) is 2.47. The van der Waals surface area contributed by atoms with Crippen LogP contribution in [-0.2, 0) is 14.8 Å². The van der Waals surface area contributed by atoms with E-state index in [4.69, 9.17) is 10.5 Å². The number of nitrogens with two attached hydrogens (primary N) is 1. The zero-order valence-electron chi connectivity index (χ0n) is 25.3. The number of carbonyl (C=O) groups excluding carboxylic acids is 1. The highest BCUT2D eigenvalue weighted by atomic mass is 32.2. The van der Waals surface area contributed by atoms with Crippen LogP contribution in [0.3, 0.4) is 0 Å². The second-order valence-electron chi connectivity index (χ2n) is 11.0. The molecule has 1 atom stereocenters. The Morgan fingerprint density at radius 2 is 1.74 bits per heavy atom. The number of carbonyl (C=O) groups is 1. The van der Waals surface area contributed by atoms with Crippen LogP contribution in [0.1, 0.15) is 29.1 Å². The summed E-state index contributed by atoms with van der Waals surface area (Å²) in [6.45, 7) is 4.31. The van der Waals surface area contributed by atoms with Crippen LogP contribution < -0.4 is 26.2 Å². The van der Waals surface area contributed by atoms with E-state index in [0.717, 1.165) is 17.3 Å². The number of pyridine rings is 1. The van der Waals surface area contributed by atoms with Gasteiger partial charge in [0.05, 0.1) is 48.5 Å². The van der Waals surface area contributed by atoms with Crippen molar-refractivity contribution < 1.29 is 17.9 Å². The number of morpholine rings is 1. The van der Waals surface area contributed by atoms with E-state index in [1.165, 1.54) is 6.20 Å². The van der Waals surface area contributed by atoms with Gasteiger partial charge in [-0.25, -0.2) is 18.4 Å². The van der Waals surface area contributed by atoms with Crippen LogP contribution in [0.15, 0.2) is 89.9 Å². The van der Waals surface area contributed by atoms with Crippen LogP contribution >= 0.6 is 0 Å². The first-order valence-electron chi connectivity index (χ1n) is 14.7. The molecule has 3 aromatic carbocycles. The van der Waals surface area contributed by atoms with Gasteiger partial charge in [0.25, 0.3) is 11.5 Å². The zero-order valence-corrected chi connectivity index (χ0v) is 26.1. The molecular formula is C33H33N7O5S. The Hall–Kier alpha value is -5.27. The molecule has 0 aliphatic carbocycles. The number of hydrogen-bond acceptors (Lipinski definition) is 9. The fourth-order valence-electron chi connectivity index (χ4n) is 5.59. The van der Waals surface area contributed by atoms with E-state index in [9.17, 15) is 18.0 Å². The summed E-state index contributed by atoms with van der Waals surface area (Å²) >= 11 is 0. The number of ether oxygens (including phenoxy) is 1. The molecule has 12 nitrogen and oxygen atoms in total. The monoisotopic (exact) mass is 639 g/mol. The van der Waals surface area contributed by atoms with Crippen molar-refractivity contribution >= 4 is 43.9 Å². The molecule has 2 aromatic heterocycles. The van der Waals surface area contributed by atoms with Crippen molar-refractivity contribution in [2.75, 3.05) is 47.9 Å². The number of nitrogens with zero attached hydrogens (tertiary/aromatic N) is 4. The molecule has 0 saturated carbocycles. The van der Waals surface area contributed by atoms with Gasteiger partial charge in [-0.2, -0.15) is 0 Å². The van der Waals surface area contributed by atoms with E-state index in [1.54, 1.807) is 35.8 Å². The molecule has 1 unspecified atom stereocenters. The third kappa shape index (κ3) is 6.41. The number of nitrogens with one attached hydrogen (secondary N) is 2. The quantitative estimate of drug-likeness (QED) is 0.230. The number of anilines is 3. The minimum absolute atomic E-state index is 0.0759. The Kier molecular flexibility index (Phi) is 8.43. The summed E-state index contributed by atoms with van der Waals surface area (Å²) < 4.78 is 33.0. The minimum atomic E-state index is -3.50. The van der Waals surface area contributed by atoms with Crippen LogP contribution in [0, 0.1) is 0 Å². The number of para-hydroxylation sites is 1. The maximum atomic E-state index is 14.4. The van der Waals surface area contributed by atoms with Gasteiger partial charge in [-0.05, 0) is 48.7 Å². The van der Waals surface area contributed by atoms with Gasteiger partial charge in [-0.1, -0.05) is 42.5 Å². The number of fused-ring (bicyclic) bond motifs is 1. The molecule has 1 saturated heterocycles. The maximum Gasteiger partial charge on any atom is 0.274 e. The zero-order chi connectivity index (χ0) is 32.4. The molecule has 5 aromatic rings. The van der Waals surface area contributed by atoms with Crippen molar-refractivity contribution in [2.45, 2.75) is 13.0 Å². The summed E-state index contributed by atoms with van der Waals surface area (Å²) in [5, 5.41) is 4.29. The van der Waals surface area contributed by atoms with E-state index in [-0.39, 0.29) is 17.1 Å². The number of sulfonamides is 1. The summed E-state index contributed by atoms with van der Waals surface area (Å²) in [5.41, 5.74) is 9.07. The van der Waals surface area contributed by atoms with E-state index in [2.05, 4.69) is 24.9 Å². The summed E-state index contributed by atoms with van der Waals surface area (Å²) in [5.74, 6) is -0.660. The number of benzene rings is 3. The molecule has 13 heteroatoms. The Morgan fingerprint density at radius 1 is 1.00 bits per heavy atom. The van der Waals surface area contributed by atoms with Crippen molar-refractivity contribution in [3.8, 4) is 16.9 Å². The molecule has 0 radical (unpaired) electrons. The van der Waals surface area contributed by atoms with Gasteiger partial charge in [0, 0.05) is 35.7 Å². The average Bonchev–Trinajstić information content (AvgIpc) is 3.04. The SMILES string of the molecule is CC(NC(=O)c1nc(-c2cccc(NS(C)(=O)=O)c2)cnc1N)c1cc2cccc(N3CCOCC3)c2c(=O)n1-c1ccccc1. The van der Waals surface area contributed by atoms with Crippen LogP contribution in [0.25, 0.3) is 27.7 Å². The van der Waals surface area contributed by atoms with Crippen molar-refractivity contribution in [2.24, 2.45) is 0 Å². The second kappa shape index (κ2) is 12.6. The van der Waals surface area contributed by atoms with Gasteiger partial charge in [-0.15, -0.1) is 0 Å². The predicted molar refractivity (Wildman–Crippen MR) is 179 cm³/mol. The molecule has 1 amide bonds. The van der Waals surface area contributed by atoms with E-state index >= 15 is 0 Å².